The van der Waals surface area contributed by atoms with Gasteiger partial charge in [0.2, 0.25) is 0 Å². The fourth-order valence-corrected chi connectivity index (χ4v) is 4.11. The topological polar surface area (TPSA) is 27.6 Å². The first-order valence-electron chi connectivity index (χ1n) is 5.16. The highest BCUT2D eigenvalue weighted by molar-refractivity contribution is 4.98. The van der Waals surface area contributed by atoms with E-state index >= 15 is 0 Å². The third kappa shape index (κ3) is 0.807. The lowest BCUT2D eigenvalue weighted by Gasteiger charge is -2.35. The molecule has 3 rings (SSSR count). The Morgan fingerprint density at radius 1 is 0.818 bits per heavy atom. The molecule has 0 radical (unpaired) electrons. The highest BCUT2D eigenvalue weighted by Crippen LogP contribution is 2.54. The van der Waals surface area contributed by atoms with Crippen molar-refractivity contribution in [3.05, 3.63) is 0 Å². The van der Waals surface area contributed by atoms with Gasteiger partial charge in [0, 0.05) is 12.3 Å². The second-order valence-electron chi connectivity index (χ2n) is 5.09. The van der Waals surface area contributed by atoms with E-state index in [2.05, 4.69) is 5.73 Å². The van der Waals surface area contributed by atoms with Gasteiger partial charge in [-0.15, -0.1) is 0 Å². The zero-order valence-corrected chi connectivity index (χ0v) is 7.13. The molecule has 0 unspecified atom stereocenters. The molecular formula is C10H18N+. The first kappa shape index (κ1) is 6.47. The number of rotatable bonds is 0. The summed E-state index contributed by atoms with van der Waals surface area (Å²) in [5, 5.41) is 0. The fraction of sp³-hybridized carbons (Fsp3) is 1.00. The Labute approximate surface area is 68.3 Å². The van der Waals surface area contributed by atoms with E-state index in [1.807, 2.05) is 0 Å². The lowest BCUT2D eigenvalue weighted by Crippen LogP contribution is -2.66. The zero-order valence-electron chi connectivity index (χ0n) is 7.13. The third-order valence-electron chi connectivity index (χ3n) is 4.39. The Kier molecular flexibility index (Phi) is 1.18. The molecule has 11 heavy (non-hydrogen) atoms. The van der Waals surface area contributed by atoms with Crippen LogP contribution in [0.25, 0.3) is 0 Å². The minimum Gasteiger partial charge on any atom is -0.355 e. The molecule has 0 heterocycles. The summed E-state index contributed by atoms with van der Waals surface area (Å²) in [5.74, 6) is 4.35. The molecule has 3 bridgehead atoms. The highest BCUT2D eigenvalue weighted by atomic mass is 14.7. The van der Waals surface area contributed by atoms with Crippen LogP contribution in [-0.2, 0) is 0 Å². The van der Waals surface area contributed by atoms with Crippen LogP contribution < -0.4 is 5.73 Å². The maximum absolute atomic E-state index is 4.32. The summed E-state index contributed by atoms with van der Waals surface area (Å²) < 4.78 is 0. The summed E-state index contributed by atoms with van der Waals surface area (Å²) in [6, 6.07) is 0.825. The summed E-state index contributed by atoms with van der Waals surface area (Å²) >= 11 is 0. The van der Waals surface area contributed by atoms with Crippen LogP contribution in [0.4, 0.5) is 0 Å². The summed E-state index contributed by atoms with van der Waals surface area (Å²) in [4.78, 5) is 0. The van der Waals surface area contributed by atoms with Crippen molar-refractivity contribution < 1.29 is 5.73 Å². The molecular weight excluding hydrogens is 134 g/mol. The van der Waals surface area contributed by atoms with Crippen LogP contribution in [0.3, 0.4) is 0 Å². The standard InChI is InChI=1S/C10H17N/c11-10-5-7-1-6-2-8(3-7)9(10)4-6/h6-10H,1-5,11H2/p+1/t6-,7+,8-,9+,10-/m0/s1. The lowest BCUT2D eigenvalue weighted by molar-refractivity contribution is -0.442. The summed E-state index contributed by atoms with van der Waals surface area (Å²) in [6.45, 7) is 0. The van der Waals surface area contributed by atoms with Crippen molar-refractivity contribution in [2.45, 2.75) is 38.1 Å². The number of fused-ring (bicyclic) bond motifs is 2. The van der Waals surface area contributed by atoms with E-state index in [0.717, 1.165) is 29.7 Å². The van der Waals surface area contributed by atoms with Crippen molar-refractivity contribution in [1.82, 2.24) is 0 Å². The maximum atomic E-state index is 4.32. The normalized spacial score (nSPS) is 60.3. The van der Waals surface area contributed by atoms with Crippen LogP contribution >= 0.6 is 0 Å². The molecule has 3 fully saturated rings. The van der Waals surface area contributed by atoms with Crippen LogP contribution in [0.2, 0.25) is 0 Å². The Bertz CT molecular complexity index is 173. The lowest BCUT2D eigenvalue weighted by atomic mass is 9.70. The predicted molar refractivity (Wildman–Crippen MR) is 43.7 cm³/mol. The smallest absolute Gasteiger partial charge is 0.0877 e. The van der Waals surface area contributed by atoms with Crippen LogP contribution in [0, 0.1) is 23.7 Å². The van der Waals surface area contributed by atoms with Gasteiger partial charge >= 0.3 is 0 Å². The predicted octanol–water partition coefficient (Wildman–Crippen LogP) is 1.05. The molecule has 3 N–H and O–H groups in total. The molecule has 0 saturated heterocycles. The molecule has 0 amide bonds. The molecule has 0 aromatic carbocycles. The number of quaternary nitrogens is 1. The van der Waals surface area contributed by atoms with Crippen LogP contribution in [0.15, 0.2) is 0 Å². The first-order valence-corrected chi connectivity index (χ1v) is 5.16. The molecule has 3 aliphatic carbocycles. The summed E-state index contributed by atoms with van der Waals surface area (Å²) in [6.07, 6.45) is 7.67. The first-order chi connectivity index (χ1) is 5.33. The molecule has 1 nitrogen and oxygen atoms in total. The zero-order chi connectivity index (χ0) is 7.42. The van der Waals surface area contributed by atoms with E-state index in [4.69, 9.17) is 0 Å². The minimum atomic E-state index is 0.825. The monoisotopic (exact) mass is 152 g/mol. The van der Waals surface area contributed by atoms with Gasteiger partial charge in [-0.2, -0.15) is 0 Å². The van der Waals surface area contributed by atoms with E-state index in [1.165, 1.54) is 12.8 Å². The average Bonchev–Trinajstić information content (AvgIpc) is 2.19. The van der Waals surface area contributed by atoms with Gasteiger partial charge in [0.05, 0.1) is 6.04 Å². The molecule has 3 saturated carbocycles. The maximum Gasteiger partial charge on any atom is 0.0877 e. The van der Waals surface area contributed by atoms with Crippen molar-refractivity contribution in [3.8, 4) is 0 Å². The van der Waals surface area contributed by atoms with Gasteiger partial charge in [0.25, 0.3) is 0 Å². The van der Waals surface area contributed by atoms with Gasteiger partial charge in [-0.25, -0.2) is 0 Å². The van der Waals surface area contributed by atoms with Crippen molar-refractivity contribution in [3.63, 3.8) is 0 Å². The molecule has 5 atom stereocenters. The second kappa shape index (κ2) is 2.01. The second-order valence-corrected chi connectivity index (χ2v) is 5.09. The Hall–Kier alpha value is -0.0400. The minimum absolute atomic E-state index is 0.825. The SMILES string of the molecule is [NH3+][C@H]1C[C@@H]2C[C@H]3C[C@@H](C2)[C@H]1C3. The van der Waals surface area contributed by atoms with Crippen molar-refractivity contribution in [1.29, 1.82) is 0 Å². The van der Waals surface area contributed by atoms with E-state index in [9.17, 15) is 0 Å². The van der Waals surface area contributed by atoms with Gasteiger partial charge in [0.1, 0.15) is 0 Å². The fourth-order valence-electron chi connectivity index (χ4n) is 4.11. The van der Waals surface area contributed by atoms with Crippen molar-refractivity contribution in [2.75, 3.05) is 0 Å². The molecule has 0 aliphatic heterocycles. The van der Waals surface area contributed by atoms with E-state index in [-0.39, 0.29) is 0 Å². The Morgan fingerprint density at radius 3 is 2.36 bits per heavy atom. The summed E-state index contributed by atoms with van der Waals surface area (Å²) in [7, 11) is 0. The third-order valence-corrected chi connectivity index (χ3v) is 4.39. The quantitative estimate of drug-likeness (QED) is 0.537. The molecule has 1 heteroatoms. The van der Waals surface area contributed by atoms with Crippen LogP contribution in [0.5, 0.6) is 0 Å². The van der Waals surface area contributed by atoms with Crippen molar-refractivity contribution >= 4 is 0 Å². The van der Waals surface area contributed by atoms with E-state index < -0.39 is 0 Å². The summed E-state index contributed by atoms with van der Waals surface area (Å²) in [5.41, 5.74) is 4.32. The van der Waals surface area contributed by atoms with Gasteiger partial charge in [-0.1, -0.05) is 0 Å². The van der Waals surface area contributed by atoms with Crippen molar-refractivity contribution in [2.24, 2.45) is 23.7 Å². The molecule has 3 aliphatic rings. The largest absolute Gasteiger partial charge is 0.355 e. The number of hydrogen-bond donors (Lipinski definition) is 1. The Morgan fingerprint density at radius 2 is 1.55 bits per heavy atom. The van der Waals surface area contributed by atoms with Crippen LogP contribution in [0.1, 0.15) is 32.1 Å². The van der Waals surface area contributed by atoms with Gasteiger partial charge < -0.3 is 5.73 Å². The molecule has 0 aromatic rings. The molecule has 62 valence electrons. The van der Waals surface area contributed by atoms with Gasteiger partial charge in [0.15, 0.2) is 0 Å². The number of hydrogen-bond acceptors (Lipinski definition) is 0. The molecule has 0 spiro atoms. The van der Waals surface area contributed by atoms with Gasteiger partial charge in [-0.3, -0.25) is 0 Å². The highest BCUT2D eigenvalue weighted by Gasteiger charge is 2.49. The van der Waals surface area contributed by atoms with Gasteiger partial charge in [-0.05, 0) is 43.4 Å². The van der Waals surface area contributed by atoms with Crippen LogP contribution in [-0.4, -0.2) is 6.04 Å². The van der Waals surface area contributed by atoms with E-state index in [0.29, 0.717) is 0 Å². The average molecular weight is 152 g/mol. The van der Waals surface area contributed by atoms with E-state index in [1.54, 1.807) is 19.3 Å². The Balaban J connectivity index is 1.94. The molecule has 0 aromatic heterocycles.